The van der Waals surface area contributed by atoms with E-state index >= 15 is 0 Å². The van der Waals surface area contributed by atoms with E-state index in [1.165, 1.54) is 28.9 Å². The average Bonchev–Trinajstić information content (AvgIpc) is 3.31. The monoisotopic (exact) mass is 437 g/mol. The van der Waals surface area contributed by atoms with Crippen LogP contribution in [0.3, 0.4) is 0 Å². The average molecular weight is 437 g/mol. The second-order valence-electron chi connectivity index (χ2n) is 6.58. The van der Waals surface area contributed by atoms with Crippen LogP contribution in [0.4, 0.5) is 4.39 Å². The molecule has 1 aromatic carbocycles. The summed E-state index contributed by atoms with van der Waals surface area (Å²) in [6.07, 6.45) is 4.24. The molecule has 0 bridgehead atoms. The molecule has 12 heteroatoms. The van der Waals surface area contributed by atoms with Gasteiger partial charge >= 0.3 is 5.69 Å². The lowest BCUT2D eigenvalue weighted by Crippen LogP contribution is -2.40. The van der Waals surface area contributed by atoms with E-state index in [0.29, 0.717) is 5.82 Å². The van der Waals surface area contributed by atoms with E-state index in [0.717, 1.165) is 27.6 Å². The number of hydrogen-bond acceptors (Lipinski definition) is 6. The van der Waals surface area contributed by atoms with Crippen LogP contribution in [0.5, 0.6) is 0 Å². The van der Waals surface area contributed by atoms with Crippen LogP contribution in [0.1, 0.15) is 10.4 Å². The number of halogens is 1. The molecule has 1 amide bonds. The summed E-state index contributed by atoms with van der Waals surface area (Å²) in [5.41, 5.74) is -2.23. The predicted molar refractivity (Wildman–Crippen MR) is 111 cm³/mol. The van der Waals surface area contributed by atoms with E-state index in [1.807, 2.05) is 0 Å². The minimum Gasteiger partial charge on any atom is -0.350 e. The van der Waals surface area contributed by atoms with Gasteiger partial charge in [0.05, 0.1) is 12.2 Å². The first-order chi connectivity index (χ1) is 15.4. The first kappa shape index (κ1) is 20.7. The Morgan fingerprint density at radius 1 is 1.09 bits per heavy atom. The van der Waals surface area contributed by atoms with E-state index in [-0.39, 0.29) is 29.9 Å². The summed E-state index contributed by atoms with van der Waals surface area (Å²) >= 11 is 0. The van der Waals surface area contributed by atoms with Gasteiger partial charge in [-0.25, -0.2) is 23.1 Å². The maximum Gasteiger partial charge on any atom is 0.333 e. The number of carbonyl (C=O) groups is 1. The van der Waals surface area contributed by atoms with Crippen molar-refractivity contribution in [3.05, 3.63) is 104 Å². The third kappa shape index (κ3) is 4.14. The minimum atomic E-state index is -0.867. The van der Waals surface area contributed by atoms with Crippen molar-refractivity contribution in [3.63, 3.8) is 0 Å². The van der Waals surface area contributed by atoms with E-state index < -0.39 is 23.0 Å². The van der Waals surface area contributed by atoms with Gasteiger partial charge in [-0.1, -0.05) is 0 Å². The molecule has 0 aliphatic heterocycles. The molecule has 4 aromatic rings. The molecule has 0 fully saturated rings. The fraction of sp³-hybridized carbons (Fsp3) is 0.100. The molecular formula is C20H16FN7O4. The highest BCUT2D eigenvalue weighted by Crippen LogP contribution is 2.05. The second kappa shape index (κ2) is 8.63. The number of carbonyl (C=O) groups excluding carboxylic acids is 1. The molecule has 4 rings (SSSR count). The summed E-state index contributed by atoms with van der Waals surface area (Å²) in [5.74, 6) is -0.866. The first-order valence-electron chi connectivity index (χ1n) is 9.41. The van der Waals surface area contributed by atoms with Crippen LogP contribution in [-0.2, 0) is 6.54 Å². The van der Waals surface area contributed by atoms with Crippen LogP contribution in [0.15, 0.2) is 75.4 Å². The predicted octanol–water partition coefficient (Wildman–Crippen LogP) is -0.163. The summed E-state index contributed by atoms with van der Waals surface area (Å²) in [6.45, 7) is 0.0264. The molecule has 162 valence electrons. The number of aromatic nitrogens is 6. The Morgan fingerprint density at radius 2 is 1.88 bits per heavy atom. The standard InChI is InChI=1S/C20H16FN7O4/c21-13-2-4-14(5-3-13)28-19(31)15(12-23-20(28)32)18(30)22-9-11-27-17(29)7-6-16(25-27)26-10-1-8-24-26/h1-8,10,12H,9,11H2,(H,22,30)(H,23,32). The van der Waals surface area contributed by atoms with Crippen LogP contribution in [0.2, 0.25) is 0 Å². The Bertz CT molecular complexity index is 1440. The Hall–Kier alpha value is -4.61. The van der Waals surface area contributed by atoms with Crippen molar-refractivity contribution in [1.82, 2.24) is 34.4 Å². The largest absolute Gasteiger partial charge is 0.350 e. The SMILES string of the molecule is O=C(NCCn1nc(-n2cccn2)ccc1=O)c1c[nH]c(=O)n(-c2ccc(F)cc2)c1=O. The zero-order valence-corrected chi connectivity index (χ0v) is 16.4. The Labute approximate surface area is 178 Å². The van der Waals surface area contributed by atoms with Crippen LogP contribution in [0, 0.1) is 5.82 Å². The smallest absolute Gasteiger partial charge is 0.333 e. The Balaban J connectivity index is 1.51. The lowest BCUT2D eigenvalue weighted by molar-refractivity contribution is 0.0949. The summed E-state index contributed by atoms with van der Waals surface area (Å²) < 4.78 is 16.5. The third-order valence-corrected chi connectivity index (χ3v) is 4.51. The topological polar surface area (TPSA) is 137 Å². The highest BCUT2D eigenvalue weighted by Gasteiger charge is 2.16. The van der Waals surface area contributed by atoms with Crippen LogP contribution < -0.4 is 22.1 Å². The molecule has 3 aromatic heterocycles. The number of hydrogen-bond donors (Lipinski definition) is 2. The molecule has 0 spiro atoms. The highest BCUT2D eigenvalue weighted by molar-refractivity contribution is 5.93. The van der Waals surface area contributed by atoms with Crippen molar-refractivity contribution >= 4 is 5.91 Å². The number of nitrogens with zero attached hydrogens (tertiary/aromatic N) is 5. The number of rotatable bonds is 6. The lowest BCUT2D eigenvalue weighted by Gasteiger charge is -2.09. The van der Waals surface area contributed by atoms with E-state index in [4.69, 9.17) is 0 Å². The maximum atomic E-state index is 13.2. The van der Waals surface area contributed by atoms with Gasteiger partial charge in [-0.3, -0.25) is 14.4 Å². The van der Waals surface area contributed by atoms with Crippen LogP contribution in [0.25, 0.3) is 11.5 Å². The molecule has 0 saturated carbocycles. The summed E-state index contributed by atoms with van der Waals surface area (Å²) in [7, 11) is 0. The zero-order valence-electron chi connectivity index (χ0n) is 16.4. The van der Waals surface area contributed by atoms with Crippen LogP contribution >= 0.6 is 0 Å². The second-order valence-corrected chi connectivity index (χ2v) is 6.58. The number of benzene rings is 1. The van der Waals surface area contributed by atoms with Crippen LogP contribution in [-0.4, -0.2) is 41.6 Å². The molecule has 11 nitrogen and oxygen atoms in total. The lowest BCUT2D eigenvalue weighted by atomic mass is 10.2. The first-order valence-corrected chi connectivity index (χ1v) is 9.41. The minimum absolute atomic E-state index is 0.0105. The molecule has 32 heavy (non-hydrogen) atoms. The number of H-pyrrole nitrogens is 1. The van der Waals surface area contributed by atoms with Crippen molar-refractivity contribution in [2.75, 3.05) is 6.54 Å². The Morgan fingerprint density at radius 3 is 2.59 bits per heavy atom. The fourth-order valence-electron chi connectivity index (χ4n) is 2.96. The maximum absolute atomic E-state index is 13.2. The van der Waals surface area contributed by atoms with Crippen molar-refractivity contribution in [3.8, 4) is 11.5 Å². The van der Waals surface area contributed by atoms with Crippen molar-refractivity contribution in [2.24, 2.45) is 0 Å². The van der Waals surface area contributed by atoms with E-state index in [1.54, 1.807) is 18.5 Å². The molecule has 0 radical (unpaired) electrons. The number of nitrogens with one attached hydrogen (secondary N) is 2. The van der Waals surface area contributed by atoms with Gasteiger partial charge in [0, 0.05) is 31.2 Å². The van der Waals surface area contributed by atoms with Gasteiger partial charge in [-0.05, 0) is 36.4 Å². The highest BCUT2D eigenvalue weighted by atomic mass is 19.1. The van der Waals surface area contributed by atoms with E-state index in [2.05, 4.69) is 20.5 Å². The zero-order chi connectivity index (χ0) is 22.7. The molecule has 0 aliphatic carbocycles. The van der Waals surface area contributed by atoms with Gasteiger partial charge in [-0.2, -0.15) is 5.10 Å². The normalized spacial score (nSPS) is 10.8. The van der Waals surface area contributed by atoms with Crippen molar-refractivity contribution in [2.45, 2.75) is 6.54 Å². The van der Waals surface area contributed by atoms with Gasteiger partial charge in [0.25, 0.3) is 17.0 Å². The van der Waals surface area contributed by atoms with Gasteiger partial charge < -0.3 is 10.3 Å². The Kier molecular flexibility index (Phi) is 5.57. The van der Waals surface area contributed by atoms with Gasteiger partial charge in [0.2, 0.25) is 0 Å². The van der Waals surface area contributed by atoms with Crippen molar-refractivity contribution in [1.29, 1.82) is 0 Å². The van der Waals surface area contributed by atoms with Gasteiger partial charge in [-0.15, -0.1) is 5.10 Å². The van der Waals surface area contributed by atoms with Gasteiger partial charge in [0.15, 0.2) is 5.82 Å². The molecular weight excluding hydrogens is 421 g/mol. The molecule has 0 saturated heterocycles. The summed E-state index contributed by atoms with van der Waals surface area (Å²) in [4.78, 5) is 51.7. The van der Waals surface area contributed by atoms with E-state index in [9.17, 15) is 23.6 Å². The summed E-state index contributed by atoms with van der Waals surface area (Å²) in [5, 5.41) is 10.7. The third-order valence-electron chi connectivity index (χ3n) is 4.51. The fourth-order valence-corrected chi connectivity index (χ4v) is 2.96. The number of aromatic amines is 1. The number of amides is 1. The molecule has 0 aliphatic rings. The quantitative estimate of drug-likeness (QED) is 0.430. The molecule has 2 N–H and O–H groups in total. The molecule has 0 atom stereocenters. The van der Waals surface area contributed by atoms with Crippen molar-refractivity contribution < 1.29 is 9.18 Å². The molecule has 0 unspecified atom stereocenters. The molecule has 3 heterocycles. The van der Waals surface area contributed by atoms with Gasteiger partial charge in [0.1, 0.15) is 11.4 Å². The summed E-state index contributed by atoms with van der Waals surface area (Å²) in [6, 6.07) is 9.24.